The maximum Gasteiger partial charge on any atom is 0.317 e. The van der Waals surface area contributed by atoms with E-state index in [1.54, 1.807) is 22.0 Å². The number of nitrogens with zero attached hydrogens (tertiary/aromatic N) is 5. The van der Waals surface area contributed by atoms with Gasteiger partial charge in [-0.25, -0.2) is 18.9 Å². The van der Waals surface area contributed by atoms with Crippen molar-refractivity contribution in [3.63, 3.8) is 0 Å². The Balaban J connectivity index is 1.16. The molecule has 0 aliphatic heterocycles. The predicted molar refractivity (Wildman–Crippen MR) is 132 cm³/mol. The van der Waals surface area contributed by atoms with Gasteiger partial charge in [-0.1, -0.05) is 30.7 Å². The van der Waals surface area contributed by atoms with Crippen molar-refractivity contribution in [2.45, 2.75) is 38.6 Å². The summed E-state index contributed by atoms with van der Waals surface area (Å²) in [5.41, 5.74) is 4.48. The number of hydrogen-bond acceptors (Lipinski definition) is 4. The first-order valence-corrected chi connectivity index (χ1v) is 11.8. The van der Waals surface area contributed by atoms with Crippen molar-refractivity contribution in [1.82, 2.24) is 35.2 Å². The van der Waals surface area contributed by atoms with Crippen LogP contribution in [0.2, 0.25) is 0 Å². The molecule has 0 fully saturated rings. The maximum absolute atomic E-state index is 13.4. The third-order valence-electron chi connectivity index (χ3n) is 5.95. The minimum absolute atomic E-state index is 0.0915. The predicted octanol–water partition coefficient (Wildman–Crippen LogP) is 4.91. The summed E-state index contributed by atoms with van der Waals surface area (Å²) in [4.78, 5) is 18.3. The van der Waals surface area contributed by atoms with Gasteiger partial charge in [0.05, 0.1) is 17.4 Å². The zero-order chi connectivity index (χ0) is 24.6. The van der Waals surface area contributed by atoms with E-state index in [-0.39, 0.29) is 17.9 Å². The van der Waals surface area contributed by atoms with E-state index >= 15 is 0 Å². The van der Waals surface area contributed by atoms with Crippen LogP contribution in [0, 0.1) is 5.82 Å². The van der Waals surface area contributed by atoms with Crippen LogP contribution in [0.5, 0.6) is 0 Å². The molecule has 0 saturated heterocycles. The first kappa shape index (κ1) is 24.1. The summed E-state index contributed by atoms with van der Waals surface area (Å²) in [5, 5.41) is 14.5. The van der Waals surface area contributed by atoms with E-state index in [1.807, 2.05) is 50.4 Å². The van der Waals surface area contributed by atoms with E-state index in [2.05, 4.69) is 25.6 Å². The van der Waals surface area contributed by atoms with Gasteiger partial charge in [0.15, 0.2) is 0 Å². The van der Waals surface area contributed by atoms with Crippen molar-refractivity contribution in [2.24, 2.45) is 0 Å². The number of H-pyrrole nitrogens is 1. The highest BCUT2D eigenvalue weighted by Crippen LogP contribution is 2.19. The molecule has 182 valence electrons. The summed E-state index contributed by atoms with van der Waals surface area (Å²) in [6, 6.07) is 16.1. The second-order valence-corrected chi connectivity index (χ2v) is 8.62. The molecule has 2 amide bonds. The minimum atomic E-state index is -0.268. The fourth-order valence-electron chi connectivity index (χ4n) is 3.86. The molecule has 8 nitrogen and oxygen atoms in total. The van der Waals surface area contributed by atoms with E-state index in [0.717, 1.165) is 53.9 Å². The summed E-state index contributed by atoms with van der Waals surface area (Å²) >= 11 is 0. The normalized spacial score (nSPS) is 11.9. The number of nitrogens with one attached hydrogen (secondary N) is 2. The molecule has 2 aromatic carbocycles. The lowest BCUT2D eigenvalue weighted by Gasteiger charge is -2.21. The second-order valence-electron chi connectivity index (χ2n) is 8.62. The smallest absolute Gasteiger partial charge is 0.317 e. The monoisotopic (exact) mass is 475 g/mol. The van der Waals surface area contributed by atoms with Crippen LogP contribution in [0.25, 0.3) is 16.9 Å². The maximum atomic E-state index is 13.4. The van der Waals surface area contributed by atoms with Gasteiger partial charge in [-0.2, -0.15) is 10.2 Å². The molecule has 9 heteroatoms. The van der Waals surface area contributed by atoms with Gasteiger partial charge in [0.1, 0.15) is 18.5 Å². The van der Waals surface area contributed by atoms with E-state index in [0.29, 0.717) is 6.54 Å². The van der Waals surface area contributed by atoms with Gasteiger partial charge in [0.2, 0.25) is 0 Å². The Labute approximate surface area is 204 Å². The molecule has 35 heavy (non-hydrogen) atoms. The van der Waals surface area contributed by atoms with Gasteiger partial charge in [0.25, 0.3) is 0 Å². The Kier molecular flexibility index (Phi) is 7.87. The highest BCUT2D eigenvalue weighted by atomic mass is 19.1. The number of aromatic amines is 1. The molecule has 0 radical (unpaired) electrons. The molecule has 2 heterocycles. The van der Waals surface area contributed by atoms with Crippen LogP contribution in [0.15, 0.2) is 67.3 Å². The molecular weight excluding hydrogens is 445 g/mol. The lowest BCUT2D eigenvalue weighted by atomic mass is 10.1. The number of halogens is 1. The Morgan fingerprint density at radius 3 is 2.71 bits per heavy atom. The molecule has 0 spiro atoms. The van der Waals surface area contributed by atoms with Crippen LogP contribution >= 0.6 is 0 Å². The minimum Gasteiger partial charge on any atom is -0.331 e. The average molecular weight is 476 g/mol. The van der Waals surface area contributed by atoms with Crippen LogP contribution in [0.1, 0.15) is 43.5 Å². The van der Waals surface area contributed by atoms with Crippen LogP contribution in [-0.2, 0) is 6.42 Å². The number of rotatable bonds is 10. The van der Waals surface area contributed by atoms with Crippen LogP contribution < -0.4 is 5.32 Å². The Morgan fingerprint density at radius 2 is 1.97 bits per heavy atom. The lowest BCUT2D eigenvalue weighted by molar-refractivity contribution is 0.204. The molecule has 0 saturated carbocycles. The molecule has 1 atom stereocenters. The van der Waals surface area contributed by atoms with Crippen molar-refractivity contribution in [2.75, 3.05) is 13.6 Å². The SMILES string of the molecule is CC(NC(=O)N(C)CCCCCc1cc(-c2cccc(F)c2)n[nH]1)c1ccc(-n2cncn2)cc1. The van der Waals surface area contributed by atoms with Crippen molar-refractivity contribution in [3.05, 3.63) is 84.3 Å². The molecular formula is C26H30FN7O. The Hall–Kier alpha value is -4.01. The number of carbonyl (C=O) groups excluding carboxylic acids is 1. The quantitative estimate of drug-likeness (QED) is 0.319. The Bertz CT molecular complexity index is 1220. The first-order valence-electron chi connectivity index (χ1n) is 11.8. The summed E-state index contributed by atoms with van der Waals surface area (Å²) < 4.78 is 15.1. The van der Waals surface area contributed by atoms with Gasteiger partial charge in [-0.15, -0.1) is 0 Å². The molecule has 0 aliphatic carbocycles. The molecule has 4 aromatic rings. The third-order valence-corrected chi connectivity index (χ3v) is 5.95. The van der Waals surface area contributed by atoms with Gasteiger partial charge in [0, 0.05) is 24.8 Å². The summed E-state index contributed by atoms with van der Waals surface area (Å²) in [6.45, 7) is 2.65. The molecule has 4 rings (SSSR count). The van der Waals surface area contributed by atoms with Crippen molar-refractivity contribution in [1.29, 1.82) is 0 Å². The summed E-state index contributed by atoms with van der Waals surface area (Å²) in [6.07, 6.45) is 6.89. The first-order chi connectivity index (χ1) is 17.0. The Morgan fingerprint density at radius 1 is 1.14 bits per heavy atom. The number of amides is 2. The van der Waals surface area contributed by atoms with Gasteiger partial charge in [-0.05, 0) is 62.1 Å². The highest BCUT2D eigenvalue weighted by molar-refractivity contribution is 5.74. The lowest BCUT2D eigenvalue weighted by Crippen LogP contribution is -2.39. The van der Waals surface area contributed by atoms with E-state index in [1.165, 1.54) is 18.5 Å². The van der Waals surface area contributed by atoms with Crippen molar-refractivity contribution >= 4 is 6.03 Å². The number of hydrogen-bond donors (Lipinski definition) is 2. The molecule has 2 N–H and O–H groups in total. The second kappa shape index (κ2) is 11.4. The molecule has 0 bridgehead atoms. The topological polar surface area (TPSA) is 91.7 Å². The number of aryl methyl sites for hydroxylation is 1. The van der Waals surface area contributed by atoms with Crippen LogP contribution in [0.3, 0.4) is 0 Å². The number of urea groups is 1. The van der Waals surface area contributed by atoms with Gasteiger partial charge >= 0.3 is 6.03 Å². The van der Waals surface area contributed by atoms with Crippen molar-refractivity contribution in [3.8, 4) is 16.9 Å². The number of aromatic nitrogens is 5. The fourth-order valence-corrected chi connectivity index (χ4v) is 3.86. The van der Waals surface area contributed by atoms with E-state index < -0.39 is 0 Å². The molecule has 1 unspecified atom stereocenters. The summed E-state index contributed by atoms with van der Waals surface area (Å²) in [5.74, 6) is -0.268. The third kappa shape index (κ3) is 6.53. The van der Waals surface area contributed by atoms with Crippen LogP contribution in [-0.4, -0.2) is 49.5 Å². The highest BCUT2D eigenvalue weighted by Gasteiger charge is 2.13. The molecule has 0 aliphatic rings. The van der Waals surface area contributed by atoms with Crippen molar-refractivity contribution < 1.29 is 9.18 Å². The van der Waals surface area contributed by atoms with Gasteiger partial charge in [-0.3, -0.25) is 5.10 Å². The van der Waals surface area contributed by atoms with E-state index in [4.69, 9.17) is 0 Å². The number of carbonyl (C=O) groups is 1. The van der Waals surface area contributed by atoms with Gasteiger partial charge < -0.3 is 10.2 Å². The molecule has 2 aromatic heterocycles. The zero-order valence-electron chi connectivity index (χ0n) is 20.0. The average Bonchev–Trinajstić information content (AvgIpc) is 3.56. The number of unbranched alkanes of at least 4 members (excludes halogenated alkanes) is 2. The number of benzene rings is 2. The summed E-state index contributed by atoms with van der Waals surface area (Å²) in [7, 11) is 1.82. The fraction of sp³-hybridized carbons (Fsp3) is 0.308. The zero-order valence-corrected chi connectivity index (χ0v) is 20.0. The largest absolute Gasteiger partial charge is 0.331 e. The van der Waals surface area contributed by atoms with E-state index in [9.17, 15) is 9.18 Å². The van der Waals surface area contributed by atoms with Crippen LogP contribution in [0.4, 0.5) is 9.18 Å². The standard InChI is InChI=1S/C26H30FN7O/c1-19(20-10-12-24(13-11-20)34-18-28-17-29-34)30-26(35)33(2)14-5-3-4-9-23-16-25(32-31-23)21-7-6-8-22(27)15-21/h6-8,10-13,15-19H,3-5,9,14H2,1-2H3,(H,30,35)(H,31,32).